The maximum atomic E-state index is 11.9. The van der Waals surface area contributed by atoms with Gasteiger partial charge in [0.2, 0.25) is 5.89 Å². The third kappa shape index (κ3) is 2.26. The lowest BCUT2D eigenvalue weighted by Gasteiger charge is -2.01. The van der Waals surface area contributed by atoms with Gasteiger partial charge in [-0.15, -0.1) is 0 Å². The summed E-state index contributed by atoms with van der Waals surface area (Å²) >= 11 is 3.20. The van der Waals surface area contributed by atoms with Crippen molar-refractivity contribution in [1.29, 1.82) is 0 Å². The largest absolute Gasteiger partial charge is 0.439 e. The number of nitrogens with two attached hydrogens (primary N) is 1. The van der Waals surface area contributed by atoms with Gasteiger partial charge in [-0.3, -0.25) is 4.79 Å². The number of pyridine rings is 1. The van der Waals surface area contributed by atoms with Crippen LogP contribution in [0.1, 0.15) is 5.89 Å². The van der Waals surface area contributed by atoms with Crippen LogP contribution in [-0.4, -0.2) is 9.55 Å². The van der Waals surface area contributed by atoms with Gasteiger partial charge in [0.25, 0.3) is 5.56 Å². The highest BCUT2D eigenvalue weighted by atomic mass is 79.9. The summed E-state index contributed by atoms with van der Waals surface area (Å²) in [5.41, 5.74) is 7.55. The number of nitrogens with zero attached hydrogens (tertiary/aromatic N) is 2. The summed E-state index contributed by atoms with van der Waals surface area (Å²) in [5, 5.41) is 0. The van der Waals surface area contributed by atoms with Crippen LogP contribution in [-0.2, 0) is 6.54 Å². The van der Waals surface area contributed by atoms with E-state index in [4.69, 9.17) is 10.2 Å². The molecular weight excluding hydrogens is 310 g/mol. The van der Waals surface area contributed by atoms with Crippen molar-refractivity contribution in [3.05, 3.63) is 57.2 Å². The molecule has 3 rings (SSSR count). The Morgan fingerprint density at radius 3 is 3.05 bits per heavy atom. The molecule has 5 nitrogen and oxygen atoms in total. The second kappa shape index (κ2) is 4.55. The summed E-state index contributed by atoms with van der Waals surface area (Å²) in [5.74, 6) is 0.473. The zero-order chi connectivity index (χ0) is 13.4. The Kier molecular flexibility index (Phi) is 2.87. The monoisotopic (exact) mass is 319 g/mol. The van der Waals surface area contributed by atoms with Gasteiger partial charge in [0.15, 0.2) is 5.58 Å². The van der Waals surface area contributed by atoms with E-state index < -0.39 is 0 Å². The van der Waals surface area contributed by atoms with Gasteiger partial charge < -0.3 is 14.7 Å². The Bertz CT molecular complexity index is 807. The molecule has 6 heteroatoms. The molecule has 3 aromatic rings. The van der Waals surface area contributed by atoms with E-state index in [1.165, 1.54) is 4.57 Å². The predicted octanol–water partition coefficient (Wildman–Crippen LogP) is 2.38. The SMILES string of the molecule is Nc1ccc2oc(Cn3cccc(Br)c3=O)nc2c1. The first kappa shape index (κ1) is 12.0. The van der Waals surface area contributed by atoms with Crippen LogP contribution >= 0.6 is 15.9 Å². The number of benzene rings is 1. The number of anilines is 1. The van der Waals surface area contributed by atoms with E-state index in [1.54, 1.807) is 36.5 Å². The number of hydrogen-bond donors (Lipinski definition) is 1. The molecule has 0 aliphatic rings. The van der Waals surface area contributed by atoms with Crippen LogP contribution in [0.25, 0.3) is 11.1 Å². The smallest absolute Gasteiger partial charge is 0.265 e. The molecule has 2 aromatic heterocycles. The Morgan fingerprint density at radius 1 is 1.37 bits per heavy atom. The van der Waals surface area contributed by atoms with Gasteiger partial charge in [0, 0.05) is 11.9 Å². The van der Waals surface area contributed by atoms with Crippen molar-refractivity contribution in [3.8, 4) is 0 Å². The average molecular weight is 320 g/mol. The van der Waals surface area contributed by atoms with Gasteiger partial charge in [0.05, 0.1) is 4.47 Å². The van der Waals surface area contributed by atoms with Crippen LogP contribution in [0.4, 0.5) is 5.69 Å². The molecule has 0 unspecified atom stereocenters. The third-order valence-corrected chi connectivity index (χ3v) is 3.34. The Hall–Kier alpha value is -2.08. The highest BCUT2D eigenvalue weighted by Crippen LogP contribution is 2.18. The average Bonchev–Trinajstić information content (AvgIpc) is 2.76. The highest BCUT2D eigenvalue weighted by Gasteiger charge is 2.08. The minimum Gasteiger partial charge on any atom is -0.439 e. The quantitative estimate of drug-likeness (QED) is 0.736. The minimum absolute atomic E-state index is 0.121. The lowest BCUT2D eigenvalue weighted by atomic mass is 10.3. The summed E-state index contributed by atoms with van der Waals surface area (Å²) in [7, 11) is 0. The number of aromatic nitrogens is 2. The highest BCUT2D eigenvalue weighted by molar-refractivity contribution is 9.10. The molecule has 0 bridgehead atoms. The summed E-state index contributed by atoms with van der Waals surface area (Å²) in [4.78, 5) is 16.2. The molecule has 96 valence electrons. The second-order valence-corrected chi connectivity index (χ2v) is 4.98. The molecule has 1 aromatic carbocycles. The van der Waals surface area contributed by atoms with Crippen LogP contribution < -0.4 is 11.3 Å². The molecule has 0 aliphatic heterocycles. The van der Waals surface area contributed by atoms with E-state index >= 15 is 0 Å². The van der Waals surface area contributed by atoms with Crippen molar-refractivity contribution in [2.75, 3.05) is 5.73 Å². The fourth-order valence-corrected chi connectivity index (χ4v) is 2.22. The Balaban J connectivity index is 2.01. The van der Waals surface area contributed by atoms with E-state index in [1.807, 2.05) is 0 Å². The van der Waals surface area contributed by atoms with Gasteiger partial charge in [-0.2, -0.15) is 0 Å². The van der Waals surface area contributed by atoms with Crippen molar-refractivity contribution in [1.82, 2.24) is 9.55 Å². The number of nitrogen functional groups attached to an aromatic ring is 1. The van der Waals surface area contributed by atoms with Gasteiger partial charge in [-0.25, -0.2) is 4.98 Å². The van der Waals surface area contributed by atoms with Crippen LogP contribution in [0.3, 0.4) is 0 Å². The summed E-state index contributed by atoms with van der Waals surface area (Å²) in [6.45, 7) is 0.285. The Morgan fingerprint density at radius 2 is 2.21 bits per heavy atom. The lowest BCUT2D eigenvalue weighted by Crippen LogP contribution is -2.20. The van der Waals surface area contributed by atoms with E-state index in [9.17, 15) is 4.79 Å². The number of rotatable bonds is 2. The first-order valence-corrected chi connectivity index (χ1v) is 6.43. The molecule has 0 spiro atoms. The standard InChI is InChI=1S/C13H10BrN3O2/c14-9-2-1-5-17(13(9)18)7-12-16-10-6-8(15)3-4-11(10)19-12/h1-6H,7,15H2. The van der Waals surface area contributed by atoms with E-state index in [2.05, 4.69) is 20.9 Å². The normalized spacial score (nSPS) is 11.0. The Labute approximate surface area is 116 Å². The topological polar surface area (TPSA) is 74.0 Å². The van der Waals surface area contributed by atoms with Crippen molar-refractivity contribution in [2.24, 2.45) is 0 Å². The maximum absolute atomic E-state index is 11.9. The van der Waals surface area contributed by atoms with Gasteiger partial charge >= 0.3 is 0 Å². The zero-order valence-electron chi connectivity index (χ0n) is 9.84. The molecule has 0 fully saturated rings. The molecule has 2 heterocycles. The number of halogens is 1. The van der Waals surface area contributed by atoms with Crippen molar-refractivity contribution >= 4 is 32.7 Å². The molecule has 0 radical (unpaired) electrons. The van der Waals surface area contributed by atoms with Crippen LogP contribution in [0.2, 0.25) is 0 Å². The molecular formula is C13H10BrN3O2. The zero-order valence-corrected chi connectivity index (χ0v) is 11.4. The molecule has 0 aliphatic carbocycles. The first-order valence-electron chi connectivity index (χ1n) is 5.63. The number of fused-ring (bicyclic) bond motifs is 1. The fourth-order valence-electron chi connectivity index (χ4n) is 1.84. The predicted molar refractivity (Wildman–Crippen MR) is 75.9 cm³/mol. The summed E-state index contributed by atoms with van der Waals surface area (Å²) < 4.78 is 7.62. The maximum Gasteiger partial charge on any atom is 0.265 e. The first-order chi connectivity index (χ1) is 9.13. The van der Waals surface area contributed by atoms with Crippen molar-refractivity contribution in [3.63, 3.8) is 0 Å². The molecule has 0 saturated heterocycles. The van der Waals surface area contributed by atoms with E-state index in [0.717, 1.165) is 0 Å². The summed E-state index contributed by atoms with van der Waals surface area (Å²) in [6, 6.07) is 8.75. The van der Waals surface area contributed by atoms with E-state index in [0.29, 0.717) is 27.2 Å². The molecule has 0 atom stereocenters. The molecule has 2 N–H and O–H groups in total. The molecule has 0 amide bonds. The van der Waals surface area contributed by atoms with Crippen LogP contribution in [0.15, 0.2) is 50.2 Å². The van der Waals surface area contributed by atoms with Gasteiger partial charge in [-0.05, 0) is 46.3 Å². The molecule has 0 saturated carbocycles. The van der Waals surface area contributed by atoms with Crippen molar-refractivity contribution < 1.29 is 4.42 Å². The van der Waals surface area contributed by atoms with Gasteiger partial charge in [0.1, 0.15) is 12.1 Å². The summed E-state index contributed by atoms with van der Waals surface area (Å²) in [6.07, 6.45) is 1.69. The van der Waals surface area contributed by atoms with Crippen LogP contribution in [0.5, 0.6) is 0 Å². The van der Waals surface area contributed by atoms with Crippen molar-refractivity contribution in [2.45, 2.75) is 6.54 Å². The number of hydrogen-bond acceptors (Lipinski definition) is 4. The molecule has 19 heavy (non-hydrogen) atoms. The number of oxazole rings is 1. The van der Waals surface area contributed by atoms with Gasteiger partial charge in [-0.1, -0.05) is 0 Å². The second-order valence-electron chi connectivity index (χ2n) is 4.12. The minimum atomic E-state index is -0.121. The van der Waals surface area contributed by atoms with E-state index in [-0.39, 0.29) is 12.1 Å². The third-order valence-electron chi connectivity index (χ3n) is 2.74. The fraction of sp³-hybridized carbons (Fsp3) is 0.0769. The lowest BCUT2D eigenvalue weighted by molar-refractivity contribution is 0.504. The van der Waals surface area contributed by atoms with Crippen LogP contribution in [0, 0.1) is 0 Å².